The largest absolute Gasteiger partial charge is 0.483 e. The molecule has 0 aliphatic carbocycles. The zero-order chi connectivity index (χ0) is 11.0. The fourth-order valence-corrected chi connectivity index (χ4v) is 0.550. The van der Waals surface area contributed by atoms with E-state index in [1.54, 1.807) is 13.8 Å². The summed E-state index contributed by atoms with van der Waals surface area (Å²) in [5.74, 6) is -2.09. The lowest BCUT2D eigenvalue weighted by molar-refractivity contribution is -0.146. The fourth-order valence-electron chi connectivity index (χ4n) is 0.550. The first-order valence-corrected chi connectivity index (χ1v) is 3.88. The molecule has 6 nitrogen and oxygen atoms in total. The first-order valence-electron chi connectivity index (χ1n) is 3.88. The predicted octanol–water partition coefficient (Wildman–Crippen LogP) is 0.297. The van der Waals surface area contributed by atoms with E-state index >= 15 is 0 Å². The standard InChI is InChI=1S/C8H10N2O4/c1-3-5-14-8(12)6(10-9)7(11)13-4-2/h3,5H,4H2,1-2H3. The van der Waals surface area contributed by atoms with E-state index in [0.717, 1.165) is 6.26 Å². The minimum atomic E-state index is -1.07. The van der Waals surface area contributed by atoms with E-state index in [1.807, 2.05) is 0 Å². The Bertz CT molecular complexity index is 302. The summed E-state index contributed by atoms with van der Waals surface area (Å²) >= 11 is 0. The van der Waals surface area contributed by atoms with Crippen LogP contribution in [0.15, 0.2) is 12.3 Å². The van der Waals surface area contributed by atoms with E-state index in [9.17, 15) is 9.59 Å². The normalized spacial score (nSPS) is 9.29. The molecule has 0 spiro atoms. The molecule has 0 saturated carbocycles. The van der Waals surface area contributed by atoms with Gasteiger partial charge >= 0.3 is 17.7 Å². The third kappa shape index (κ3) is 3.64. The highest BCUT2D eigenvalue weighted by molar-refractivity contribution is 6.60. The van der Waals surface area contributed by atoms with Crippen molar-refractivity contribution in [3.63, 3.8) is 0 Å². The number of ether oxygens (including phenoxy) is 2. The van der Waals surface area contributed by atoms with Crippen molar-refractivity contribution < 1.29 is 23.9 Å². The molecule has 0 amide bonds. The highest BCUT2D eigenvalue weighted by atomic mass is 16.5. The van der Waals surface area contributed by atoms with Crippen molar-refractivity contribution in [2.75, 3.05) is 6.61 Å². The van der Waals surface area contributed by atoms with Gasteiger partial charge in [0.1, 0.15) is 0 Å². The maximum Gasteiger partial charge on any atom is 0.483 e. The molecule has 0 unspecified atom stereocenters. The van der Waals surface area contributed by atoms with Crippen LogP contribution in [0.5, 0.6) is 0 Å². The van der Waals surface area contributed by atoms with Crippen LogP contribution in [0.25, 0.3) is 5.53 Å². The van der Waals surface area contributed by atoms with Crippen molar-refractivity contribution in [1.82, 2.24) is 0 Å². The Morgan fingerprint density at radius 1 is 1.43 bits per heavy atom. The topological polar surface area (TPSA) is 89.0 Å². The van der Waals surface area contributed by atoms with Crippen molar-refractivity contribution in [3.05, 3.63) is 17.9 Å². The van der Waals surface area contributed by atoms with Gasteiger partial charge in [-0.25, -0.2) is 9.59 Å². The summed E-state index contributed by atoms with van der Waals surface area (Å²) in [7, 11) is 0. The SMILES string of the molecule is CC=COC(=O)C(=[N+]=[N-])C(=O)OCC. The number of hydrogen-bond donors (Lipinski definition) is 0. The lowest BCUT2D eigenvalue weighted by Crippen LogP contribution is -2.28. The quantitative estimate of drug-likeness (QED) is 0.162. The number of carbonyl (C=O) groups is 2. The molecular formula is C8H10N2O4. The van der Waals surface area contributed by atoms with Gasteiger partial charge in [0.15, 0.2) is 0 Å². The van der Waals surface area contributed by atoms with Crippen molar-refractivity contribution in [1.29, 1.82) is 0 Å². The number of hydrogen-bond acceptors (Lipinski definition) is 4. The van der Waals surface area contributed by atoms with Gasteiger partial charge in [-0.05, 0) is 13.8 Å². The zero-order valence-corrected chi connectivity index (χ0v) is 7.89. The van der Waals surface area contributed by atoms with E-state index < -0.39 is 17.7 Å². The molecule has 14 heavy (non-hydrogen) atoms. The van der Waals surface area contributed by atoms with Gasteiger partial charge in [-0.1, -0.05) is 6.08 Å². The molecule has 0 radical (unpaired) electrons. The number of allylic oxidation sites excluding steroid dienone is 1. The molecule has 0 heterocycles. The number of esters is 2. The van der Waals surface area contributed by atoms with Gasteiger partial charge in [0.05, 0.1) is 12.9 Å². The maximum absolute atomic E-state index is 11.0. The average Bonchev–Trinajstić information content (AvgIpc) is 2.16. The molecule has 0 saturated heterocycles. The Kier molecular flexibility index (Phi) is 5.65. The van der Waals surface area contributed by atoms with E-state index in [1.165, 1.54) is 6.08 Å². The van der Waals surface area contributed by atoms with Crippen LogP contribution in [0.4, 0.5) is 0 Å². The van der Waals surface area contributed by atoms with Crippen LogP contribution in [0.3, 0.4) is 0 Å². The highest BCUT2D eigenvalue weighted by Gasteiger charge is 2.32. The molecule has 76 valence electrons. The lowest BCUT2D eigenvalue weighted by atomic mass is 10.4. The van der Waals surface area contributed by atoms with Crippen LogP contribution in [0.2, 0.25) is 0 Å². The molecule has 0 N–H and O–H groups in total. The minimum Gasteiger partial charge on any atom is -0.457 e. The Morgan fingerprint density at radius 3 is 2.50 bits per heavy atom. The first kappa shape index (κ1) is 12.1. The molecule has 0 bridgehead atoms. The minimum absolute atomic E-state index is 0.0781. The number of carbonyl (C=O) groups excluding carboxylic acids is 2. The van der Waals surface area contributed by atoms with Gasteiger partial charge in [-0.3, -0.25) is 0 Å². The molecule has 6 heteroatoms. The Balaban J connectivity index is 4.51. The van der Waals surface area contributed by atoms with Crippen LogP contribution < -0.4 is 0 Å². The second kappa shape index (κ2) is 6.56. The van der Waals surface area contributed by atoms with Gasteiger partial charge < -0.3 is 15.0 Å². The monoisotopic (exact) mass is 198 g/mol. The molecular weight excluding hydrogens is 188 g/mol. The maximum atomic E-state index is 11.0. The zero-order valence-electron chi connectivity index (χ0n) is 7.89. The van der Waals surface area contributed by atoms with Crippen molar-refractivity contribution in [2.24, 2.45) is 0 Å². The molecule has 0 aromatic heterocycles. The first-order chi connectivity index (χ1) is 6.67. The van der Waals surface area contributed by atoms with Gasteiger partial charge in [0, 0.05) is 0 Å². The Morgan fingerprint density at radius 2 is 2.07 bits per heavy atom. The fraction of sp³-hybridized carbons (Fsp3) is 0.375. The third-order valence-electron chi connectivity index (χ3n) is 1.07. The van der Waals surface area contributed by atoms with Crippen molar-refractivity contribution in [3.8, 4) is 0 Å². The molecule has 0 fully saturated rings. The average molecular weight is 198 g/mol. The number of nitrogens with zero attached hydrogens (tertiary/aromatic N) is 2. The van der Waals surface area contributed by atoms with Gasteiger partial charge in [-0.2, -0.15) is 4.79 Å². The van der Waals surface area contributed by atoms with Gasteiger partial charge in [0.25, 0.3) is 0 Å². The van der Waals surface area contributed by atoms with E-state index in [4.69, 9.17) is 5.53 Å². The molecule has 0 atom stereocenters. The summed E-state index contributed by atoms with van der Waals surface area (Å²) in [5, 5.41) is 0. The molecule has 0 aliphatic rings. The number of rotatable bonds is 4. The predicted molar refractivity (Wildman–Crippen MR) is 46.2 cm³/mol. The highest BCUT2D eigenvalue weighted by Crippen LogP contribution is 1.87. The van der Waals surface area contributed by atoms with Crippen LogP contribution >= 0.6 is 0 Å². The smallest absolute Gasteiger partial charge is 0.457 e. The summed E-state index contributed by atoms with van der Waals surface area (Å²) in [6.45, 7) is 3.26. The third-order valence-corrected chi connectivity index (χ3v) is 1.07. The second-order valence-electron chi connectivity index (χ2n) is 2.04. The molecule has 0 aromatic rings. The summed E-state index contributed by atoms with van der Waals surface area (Å²) in [6.07, 6.45) is 2.50. The molecule has 0 aromatic carbocycles. The van der Waals surface area contributed by atoms with Crippen LogP contribution in [-0.4, -0.2) is 29.0 Å². The summed E-state index contributed by atoms with van der Waals surface area (Å²) in [6, 6.07) is 0. The van der Waals surface area contributed by atoms with Gasteiger partial charge in [-0.15, -0.1) is 0 Å². The van der Waals surface area contributed by atoms with Crippen LogP contribution in [0.1, 0.15) is 13.8 Å². The Hall–Kier alpha value is -1.94. The summed E-state index contributed by atoms with van der Waals surface area (Å²) < 4.78 is 8.84. The van der Waals surface area contributed by atoms with Crippen molar-refractivity contribution in [2.45, 2.75) is 13.8 Å². The van der Waals surface area contributed by atoms with Crippen LogP contribution in [-0.2, 0) is 19.1 Å². The lowest BCUT2D eigenvalue weighted by Gasteiger charge is -1.95. The second-order valence-corrected chi connectivity index (χ2v) is 2.04. The van der Waals surface area contributed by atoms with Crippen molar-refractivity contribution >= 4 is 17.7 Å². The summed E-state index contributed by atoms with van der Waals surface area (Å²) in [5.41, 5.74) is 7.57. The van der Waals surface area contributed by atoms with E-state index in [-0.39, 0.29) is 6.61 Å². The van der Waals surface area contributed by atoms with Crippen LogP contribution in [0, 0.1) is 0 Å². The Labute approximate surface area is 80.7 Å². The summed E-state index contributed by atoms with van der Waals surface area (Å²) in [4.78, 5) is 24.4. The molecule has 0 aliphatic heterocycles. The van der Waals surface area contributed by atoms with E-state index in [0.29, 0.717) is 0 Å². The molecule has 0 rings (SSSR count). The van der Waals surface area contributed by atoms with Gasteiger partial charge in [0.2, 0.25) is 0 Å². The van der Waals surface area contributed by atoms with E-state index in [2.05, 4.69) is 14.3 Å².